The van der Waals surface area contributed by atoms with Crippen LogP contribution in [-0.4, -0.2) is 71.3 Å². The van der Waals surface area contributed by atoms with Crippen molar-refractivity contribution in [3.05, 3.63) is 0 Å². The van der Waals surface area contributed by atoms with Crippen LogP contribution < -0.4 is 15.4 Å². The number of amides is 1. The molecule has 1 saturated heterocycles. The highest BCUT2D eigenvalue weighted by molar-refractivity contribution is 7.88. The molecule has 0 aromatic rings. The third kappa shape index (κ3) is 7.27. The average Bonchev–Trinajstić information content (AvgIpc) is 2.25. The van der Waals surface area contributed by atoms with Gasteiger partial charge < -0.3 is 10.6 Å². The van der Waals surface area contributed by atoms with Crippen LogP contribution in [0.2, 0.25) is 0 Å². The number of carbonyl (C=O) groups excluding carboxylic acids is 1. The maximum absolute atomic E-state index is 11.5. The molecule has 0 aromatic heterocycles. The van der Waals surface area contributed by atoms with Crippen LogP contribution in [0.3, 0.4) is 0 Å². The molecule has 0 atom stereocenters. The lowest BCUT2D eigenvalue weighted by Gasteiger charge is -2.26. The van der Waals surface area contributed by atoms with Crippen LogP contribution in [0.4, 0.5) is 0 Å². The Kier molecular flexibility index (Phi) is 5.83. The van der Waals surface area contributed by atoms with E-state index >= 15 is 0 Å². The molecule has 0 spiro atoms. The van der Waals surface area contributed by atoms with Gasteiger partial charge in [-0.1, -0.05) is 0 Å². The van der Waals surface area contributed by atoms with Gasteiger partial charge in [-0.2, -0.15) is 0 Å². The summed E-state index contributed by atoms with van der Waals surface area (Å²) in [6.45, 7) is 4.47. The molecule has 1 aliphatic heterocycles. The predicted molar refractivity (Wildman–Crippen MR) is 65.2 cm³/mol. The molecular weight excluding hydrogens is 244 g/mol. The van der Waals surface area contributed by atoms with Crippen LogP contribution in [0.25, 0.3) is 0 Å². The van der Waals surface area contributed by atoms with E-state index in [1.807, 2.05) is 0 Å². The van der Waals surface area contributed by atoms with Crippen molar-refractivity contribution in [2.45, 2.75) is 0 Å². The minimum absolute atomic E-state index is 0.0674. The van der Waals surface area contributed by atoms with Crippen molar-refractivity contribution in [1.29, 1.82) is 0 Å². The molecule has 0 aliphatic carbocycles. The Morgan fingerprint density at radius 2 is 1.94 bits per heavy atom. The van der Waals surface area contributed by atoms with Crippen molar-refractivity contribution in [3.63, 3.8) is 0 Å². The molecule has 0 bridgehead atoms. The van der Waals surface area contributed by atoms with Gasteiger partial charge in [0.05, 0.1) is 12.8 Å². The summed E-state index contributed by atoms with van der Waals surface area (Å²) in [6, 6.07) is 0. The summed E-state index contributed by atoms with van der Waals surface area (Å²) in [4.78, 5) is 13.6. The van der Waals surface area contributed by atoms with Crippen molar-refractivity contribution in [2.24, 2.45) is 0 Å². The fraction of sp³-hybridized carbons (Fsp3) is 0.889. The number of nitrogens with zero attached hydrogens (tertiary/aromatic N) is 1. The third-order valence-electron chi connectivity index (χ3n) is 2.39. The van der Waals surface area contributed by atoms with E-state index in [4.69, 9.17) is 0 Å². The number of rotatable bonds is 6. The van der Waals surface area contributed by atoms with Crippen molar-refractivity contribution in [2.75, 3.05) is 52.1 Å². The summed E-state index contributed by atoms with van der Waals surface area (Å²) in [5.41, 5.74) is 0. The first-order chi connectivity index (χ1) is 7.97. The maximum atomic E-state index is 11.5. The summed E-state index contributed by atoms with van der Waals surface area (Å²) in [5, 5.41) is 5.88. The van der Waals surface area contributed by atoms with E-state index in [-0.39, 0.29) is 12.5 Å². The number of hydrogen-bond acceptors (Lipinski definition) is 5. The van der Waals surface area contributed by atoms with Crippen molar-refractivity contribution >= 4 is 15.9 Å². The summed E-state index contributed by atoms with van der Waals surface area (Å²) in [5.74, 6) is -0.0674. The Bertz CT molecular complexity index is 338. The summed E-state index contributed by atoms with van der Waals surface area (Å²) >= 11 is 0. The molecular formula is C9H20N4O3S. The van der Waals surface area contributed by atoms with Crippen molar-refractivity contribution in [1.82, 2.24) is 20.3 Å². The minimum Gasteiger partial charge on any atom is -0.354 e. The first kappa shape index (κ1) is 14.4. The molecule has 1 aliphatic rings. The molecule has 0 unspecified atom stereocenters. The second-order valence-electron chi connectivity index (χ2n) is 4.04. The molecule has 17 heavy (non-hydrogen) atoms. The van der Waals surface area contributed by atoms with Gasteiger partial charge in [0.15, 0.2) is 0 Å². The largest absolute Gasteiger partial charge is 0.354 e. The first-order valence-corrected chi connectivity index (χ1v) is 7.51. The average molecular weight is 264 g/mol. The molecule has 1 amide bonds. The highest BCUT2D eigenvalue weighted by atomic mass is 32.2. The molecule has 0 aromatic carbocycles. The minimum atomic E-state index is -3.17. The monoisotopic (exact) mass is 264 g/mol. The number of carbonyl (C=O) groups is 1. The van der Waals surface area contributed by atoms with Gasteiger partial charge in [-0.25, -0.2) is 13.1 Å². The SMILES string of the molecule is CS(=O)(=O)NCCNC(=O)CN1CCNCC1. The fourth-order valence-corrected chi connectivity index (χ4v) is 2.04. The Labute approximate surface area is 102 Å². The standard InChI is InChI=1S/C9H20N4O3S/c1-17(15,16)12-3-2-11-9(14)8-13-6-4-10-5-7-13/h10,12H,2-8H2,1H3,(H,11,14). The highest BCUT2D eigenvalue weighted by Crippen LogP contribution is 1.90. The van der Waals surface area contributed by atoms with Gasteiger partial charge in [0, 0.05) is 39.3 Å². The van der Waals surface area contributed by atoms with Gasteiger partial charge in [0.1, 0.15) is 0 Å². The van der Waals surface area contributed by atoms with Crippen LogP contribution in [0.15, 0.2) is 0 Å². The van der Waals surface area contributed by atoms with Gasteiger partial charge in [-0.05, 0) is 0 Å². The van der Waals surface area contributed by atoms with Gasteiger partial charge in [-0.15, -0.1) is 0 Å². The molecule has 0 radical (unpaired) electrons. The van der Waals surface area contributed by atoms with E-state index in [9.17, 15) is 13.2 Å². The summed E-state index contributed by atoms with van der Waals surface area (Å²) in [6.07, 6.45) is 1.09. The smallest absolute Gasteiger partial charge is 0.234 e. The van der Waals surface area contributed by atoms with Crippen LogP contribution in [0.1, 0.15) is 0 Å². The Hall–Kier alpha value is -0.700. The van der Waals surface area contributed by atoms with Gasteiger partial charge in [0.2, 0.25) is 15.9 Å². The number of piperazine rings is 1. The zero-order valence-electron chi connectivity index (χ0n) is 10.0. The number of nitrogens with one attached hydrogen (secondary N) is 3. The first-order valence-electron chi connectivity index (χ1n) is 5.62. The lowest BCUT2D eigenvalue weighted by Crippen LogP contribution is -2.48. The highest BCUT2D eigenvalue weighted by Gasteiger charge is 2.12. The van der Waals surface area contributed by atoms with Crippen molar-refractivity contribution < 1.29 is 13.2 Å². The molecule has 8 heteroatoms. The second-order valence-corrected chi connectivity index (χ2v) is 5.88. The van der Waals surface area contributed by atoms with E-state index in [0.717, 1.165) is 32.4 Å². The van der Waals surface area contributed by atoms with Crippen molar-refractivity contribution in [3.8, 4) is 0 Å². The number of hydrogen-bond donors (Lipinski definition) is 3. The molecule has 7 nitrogen and oxygen atoms in total. The zero-order valence-corrected chi connectivity index (χ0v) is 10.8. The van der Waals surface area contributed by atoms with E-state index in [1.54, 1.807) is 0 Å². The molecule has 1 rings (SSSR count). The van der Waals surface area contributed by atoms with Gasteiger partial charge in [-0.3, -0.25) is 9.69 Å². The van der Waals surface area contributed by atoms with Gasteiger partial charge >= 0.3 is 0 Å². The van der Waals surface area contributed by atoms with E-state index in [0.29, 0.717) is 13.1 Å². The Morgan fingerprint density at radius 3 is 2.53 bits per heavy atom. The van der Waals surface area contributed by atoms with Gasteiger partial charge in [0.25, 0.3) is 0 Å². The summed E-state index contributed by atoms with van der Waals surface area (Å²) in [7, 11) is -3.17. The third-order valence-corrected chi connectivity index (χ3v) is 3.12. The molecule has 3 N–H and O–H groups in total. The maximum Gasteiger partial charge on any atom is 0.234 e. The summed E-state index contributed by atoms with van der Waals surface area (Å²) < 4.78 is 23.8. The predicted octanol–water partition coefficient (Wildman–Crippen LogP) is -2.44. The van der Waals surface area contributed by atoms with Crippen LogP contribution in [0.5, 0.6) is 0 Å². The Morgan fingerprint density at radius 1 is 1.29 bits per heavy atom. The molecule has 1 heterocycles. The zero-order chi connectivity index (χ0) is 12.7. The van der Waals surface area contributed by atoms with E-state index in [2.05, 4.69) is 20.3 Å². The quantitative estimate of drug-likeness (QED) is 0.464. The van der Waals surface area contributed by atoms with Crippen LogP contribution >= 0.6 is 0 Å². The van der Waals surface area contributed by atoms with E-state index in [1.165, 1.54) is 0 Å². The van der Waals surface area contributed by atoms with Crippen LogP contribution in [0, 0.1) is 0 Å². The lowest BCUT2D eigenvalue weighted by atomic mass is 10.3. The lowest BCUT2D eigenvalue weighted by molar-refractivity contribution is -0.122. The molecule has 0 saturated carbocycles. The van der Waals surface area contributed by atoms with Crippen LogP contribution in [-0.2, 0) is 14.8 Å². The fourth-order valence-electron chi connectivity index (χ4n) is 1.57. The molecule has 100 valence electrons. The normalized spacial score (nSPS) is 17.9. The number of sulfonamides is 1. The van der Waals surface area contributed by atoms with E-state index < -0.39 is 10.0 Å². The topological polar surface area (TPSA) is 90.5 Å². The molecule has 1 fully saturated rings. The Balaban J connectivity index is 2.08. The second kappa shape index (κ2) is 6.90.